The highest BCUT2D eigenvalue weighted by atomic mass is 16.5. The SMILES string of the molecule is CCCn1nc(C(=O)OCC(=O)c2cc(C)n(-c3ccccc3)c2C)c2ccccc2c1=O. The van der Waals surface area contributed by atoms with Crippen molar-refractivity contribution in [1.29, 1.82) is 0 Å². The Morgan fingerprint density at radius 2 is 1.64 bits per heavy atom. The van der Waals surface area contributed by atoms with Crippen LogP contribution in [0.3, 0.4) is 0 Å². The van der Waals surface area contributed by atoms with Crippen LogP contribution in [-0.4, -0.2) is 32.7 Å². The van der Waals surface area contributed by atoms with Gasteiger partial charge in [0, 0.05) is 34.6 Å². The lowest BCUT2D eigenvalue weighted by molar-refractivity contribution is 0.0468. The maximum absolute atomic E-state index is 12.9. The Morgan fingerprint density at radius 3 is 2.33 bits per heavy atom. The number of para-hydroxylation sites is 1. The molecule has 0 aliphatic heterocycles. The number of benzene rings is 2. The van der Waals surface area contributed by atoms with Crippen LogP contribution in [0.1, 0.15) is 45.6 Å². The van der Waals surface area contributed by atoms with Crippen molar-refractivity contribution in [3.8, 4) is 5.69 Å². The van der Waals surface area contributed by atoms with Gasteiger partial charge in [-0.2, -0.15) is 5.10 Å². The minimum absolute atomic E-state index is 0.0289. The van der Waals surface area contributed by atoms with Gasteiger partial charge >= 0.3 is 5.97 Å². The molecule has 0 N–H and O–H groups in total. The molecule has 0 aliphatic carbocycles. The average Bonchev–Trinajstić information content (AvgIpc) is 3.13. The number of rotatable bonds is 7. The number of esters is 1. The first-order valence-corrected chi connectivity index (χ1v) is 10.9. The summed E-state index contributed by atoms with van der Waals surface area (Å²) in [5.74, 6) is -1.04. The fourth-order valence-corrected chi connectivity index (χ4v) is 4.05. The third-order valence-electron chi connectivity index (χ3n) is 5.58. The molecule has 2 aromatic heterocycles. The number of carbonyl (C=O) groups is 2. The standard InChI is InChI=1S/C26H25N3O4/c1-4-14-28-25(31)21-13-9-8-12-20(21)24(27-28)26(32)33-16-23(30)22-15-17(2)29(18(22)3)19-10-6-5-7-11-19/h5-13,15H,4,14,16H2,1-3H3. The number of Topliss-reactive ketones (excluding diaryl/α,β-unsaturated/α-hetero) is 1. The van der Waals surface area contributed by atoms with Gasteiger partial charge < -0.3 is 9.30 Å². The summed E-state index contributed by atoms with van der Waals surface area (Å²) in [5.41, 5.74) is 2.91. The monoisotopic (exact) mass is 443 g/mol. The van der Waals surface area contributed by atoms with Crippen molar-refractivity contribution in [1.82, 2.24) is 14.3 Å². The number of nitrogens with zero attached hydrogens (tertiary/aromatic N) is 3. The summed E-state index contributed by atoms with van der Waals surface area (Å²) in [6, 6.07) is 18.3. The molecule has 0 aliphatic rings. The van der Waals surface area contributed by atoms with Crippen molar-refractivity contribution in [3.05, 3.63) is 93.7 Å². The molecule has 0 bridgehead atoms. The number of aryl methyl sites for hydroxylation is 2. The minimum atomic E-state index is -0.735. The molecule has 0 atom stereocenters. The highest BCUT2D eigenvalue weighted by molar-refractivity contribution is 6.04. The number of fused-ring (bicyclic) bond motifs is 1. The van der Waals surface area contributed by atoms with Crippen LogP contribution >= 0.6 is 0 Å². The molecule has 0 fully saturated rings. The molecule has 168 valence electrons. The van der Waals surface area contributed by atoms with Crippen LogP contribution in [0, 0.1) is 13.8 Å². The second-order valence-corrected chi connectivity index (χ2v) is 7.88. The quantitative estimate of drug-likeness (QED) is 0.315. The van der Waals surface area contributed by atoms with E-state index in [0.717, 1.165) is 17.1 Å². The Balaban J connectivity index is 1.59. The predicted molar refractivity (Wildman–Crippen MR) is 126 cm³/mol. The van der Waals surface area contributed by atoms with Gasteiger partial charge in [-0.05, 0) is 44.5 Å². The van der Waals surface area contributed by atoms with Gasteiger partial charge in [0.25, 0.3) is 5.56 Å². The molecule has 0 radical (unpaired) electrons. The van der Waals surface area contributed by atoms with E-state index in [4.69, 9.17) is 4.74 Å². The van der Waals surface area contributed by atoms with Crippen LogP contribution in [0.5, 0.6) is 0 Å². The second kappa shape index (κ2) is 9.24. The summed E-state index contributed by atoms with van der Waals surface area (Å²) < 4.78 is 8.62. The van der Waals surface area contributed by atoms with Crippen molar-refractivity contribution >= 4 is 22.5 Å². The van der Waals surface area contributed by atoms with Crippen LogP contribution in [-0.2, 0) is 11.3 Å². The van der Waals surface area contributed by atoms with Gasteiger partial charge in [0.1, 0.15) is 0 Å². The number of aromatic nitrogens is 3. The zero-order chi connectivity index (χ0) is 23.5. The molecular weight excluding hydrogens is 418 g/mol. The smallest absolute Gasteiger partial charge is 0.359 e. The molecule has 0 amide bonds. The number of carbonyl (C=O) groups excluding carboxylic acids is 2. The molecule has 0 unspecified atom stereocenters. The van der Waals surface area contributed by atoms with Gasteiger partial charge in [-0.15, -0.1) is 0 Å². The first-order valence-electron chi connectivity index (χ1n) is 10.9. The van der Waals surface area contributed by atoms with E-state index in [1.165, 1.54) is 4.68 Å². The second-order valence-electron chi connectivity index (χ2n) is 7.88. The first kappa shape index (κ1) is 22.2. The van der Waals surface area contributed by atoms with Crippen molar-refractivity contribution in [2.24, 2.45) is 0 Å². The van der Waals surface area contributed by atoms with Gasteiger partial charge in [0.05, 0.1) is 5.39 Å². The van der Waals surface area contributed by atoms with Gasteiger partial charge in [0.2, 0.25) is 5.78 Å². The fourth-order valence-electron chi connectivity index (χ4n) is 4.05. The molecule has 0 saturated carbocycles. The molecule has 7 nitrogen and oxygen atoms in total. The molecule has 7 heteroatoms. The Kier molecular flexibility index (Phi) is 6.22. The maximum atomic E-state index is 12.9. The lowest BCUT2D eigenvalue weighted by atomic mass is 10.1. The molecule has 33 heavy (non-hydrogen) atoms. The Bertz CT molecular complexity index is 1400. The fraction of sp³-hybridized carbons (Fsp3) is 0.231. The van der Waals surface area contributed by atoms with E-state index in [2.05, 4.69) is 5.10 Å². The van der Waals surface area contributed by atoms with Gasteiger partial charge in [-0.3, -0.25) is 9.59 Å². The lowest BCUT2D eigenvalue weighted by Gasteiger charge is -2.11. The van der Waals surface area contributed by atoms with Gasteiger partial charge in [-0.25, -0.2) is 9.48 Å². The summed E-state index contributed by atoms with van der Waals surface area (Å²) in [5, 5.41) is 5.04. The summed E-state index contributed by atoms with van der Waals surface area (Å²) in [6.45, 7) is 5.68. The largest absolute Gasteiger partial charge is 0.452 e. The molecule has 0 spiro atoms. The maximum Gasteiger partial charge on any atom is 0.359 e. The number of ketones is 1. The summed E-state index contributed by atoms with van der Waals surface area (Å²) in [6.07, 6.45) is 0.690. The molecular formula is C26H25N3O4. The highest BCUT2D eigenvalue weighted by Gasteiger charge is 2.21. The summed E-state index contributed by atoms with van der Waals surface area (Å²) in [7, 11) is 0. The van der Waals surface area contributed by atoms with E-state index < -0.39 is 12.6 Å². The Labute approximate surface area is 191 Å². The van der Waals surface area contributed by atoms with E-state index in [9.17, 15) is 14.4 Å². The highest BCUT2D eigenvalue weighted by Crippen LogP contribution is 2.21. The number of ether oxygens (including phenoxy) is 1. The van der Waals surface area contributed by atoms with Crippen LogP contribution in [0.15, 0.2) is 65.5 Å². The Morgan fingerprint density at radius 1 is 0.970 bits per heavy atom. The van der Waals surface area contributed by atoms with E-state index in [1.807, 2.05) is 55.7 Å². The van der Waals surface area contributed by atoms with Crippen molar-refractivity contribution in [2.45, 2.75) is 33.7 Å². The van der Waals surface area contributed by atoms with Gasteiger partial charge in [0.15, 0.2) is 12.3 Å². The molecule has 4 aromatic rings. The van der Waals surface area contributed by atoms with Crippen molar-refractivity contribution < 1.29 is 14.3 Å². The van der Waals surface area contributed by atoms with Crippen LogP contribution < -0.4 is 5.56 Å². The van der Waals surface area contributed by atoms with E-state index >= 15 is 0 Å². The zero-order valence-corrected chi connectivity index (χ0v) is 18.9. The Hall–Kier alpha value is -4.00. The first-order chi connectivity index (χ1) is 15.9. The molecule has 2 heterocycles. The zero-order valence-electron chi connectivity index (χ0n) is 18.9. The normalized spacial score (nSPS) is 11.0. The number of hydrogen-bond donors (Lipinski definition) is 0. The lowest BCUT2D eigenvalue weighted by Crippen LogP contribution is -2.27. The average molecular weight is 444 g/mol. The predicted octanol–water partition coefficient (Wildman–Crippen LogP) is 4.25. The van der Waals surface area contributed by atoms with Crippen LogP contribution in [0.2, 0.25) is 0 Å². The van der Waals surface area contributed by atoms with Crippen LogP contribution in [0.25, 0.3) is 16.5 Å². The topological polar surface area (TPSA) is 83.2 Å². The minimum Gasteiger partial charge on any atom is -0.452 e. The molecule has 4 rings (SSSR count). The molecule has 0 saturated heterocycles. The molecule has 2 aromatic carbocycles. The van der Waals surface area contributed by atoms with E-state index in [1.54, 1.807) is 30.3 Å². The van der Waals surface area contributed by atoms with E-state index in [-0.39, 0.29) is 17.0 Å². The third-order valence-corrected chi connectivity index (χ3v) is 5.58. The van der Waals surface area contributed by atoms with Crippen LogP contribution in [0.4, 0.5) is 0 Å². The summed E-state index contributed by atoms with van der Waals surface area (Å²) >= 11 is 0. The number of hydrogen-bond acceptors (Lipinski definition) is 5. The van der Waals surface area contributed by atoms with Crippen molar-refractivity contribution in [3.63, 3.8) is 0 Å². The summed E-state index contributed by atoms with van der Waals surface area (Å²) in [4.78, 5) is 38.4. The third kappa shape index (κ3) is 4.22. The van der Waals surface area contributed by atoms with Gasteiger partial charge in [-0.1, -0.05) is 43.3 Å². The van der Waals surface area contributed by atoms with E-state index in [0.29, 0.717) is 29.3 Å². The van der Waals surface area contributed by atoms with Crippen molar-refractivity contribution in [2.75, 3.05) is 6.61 Å².